The highest BCUT2D eigenvalue weighted by Crippen LogP contribution is 2.48. The van der Waals surface area contributed by atoms with E-state index in [0.717, 1.165) is 6.08 Å². The lowest BCUT2D eigenvalue weighted by atomic mass is 9.88. The van der Waals surface area contributed by atoms with Crippen molar-refractivity contribution in [1.82, 2.24) is 0 Å². The molecule has 1 heterocycles. The second-order valence-corrected chi connectivity index (χ2v) is 6.77. The van der Waals surface area contributed by atoms with E-state index in [9.17, 15) is 14.8 Å². The third kappa shape index (κ3) is 3.63. The van der Waals surface area contributed by atoms with Gasteiger partial charge in [0, 0.05) is 17.7 Å². The van der Waals surface area contributed by atoms with Gasteiger partial charge in [0.2, 0.25) is 5.75 Å². The highest BCUT2D eigenvalue weighted by atomic mass is 16.5. The van der Waals surface area contributed by atoms with Gasteiger partial charge in [-0.3, -0.25) is 19.7 Å². The molecule has 2 aromatic rings. The zero-order valence-electron chi connectivity index (χ0n) is 18.2. The van der Waals surface area contributed by atoms with Gasteiger partial charge in [-0.25, -0.2) is 0 Å². The Morgan fingerprint density at radius 2 is 1.62 bits per heavy atom. The fourth-order valence-corrected chi connectivity index (χ4v) is 3.55. The van der Waals surface area contributed by atoms with Crippen molar-refractivity contribution in [3.05, 3.63) is 60.7 Å². The molecule has 3 rings (SSSR count). The summed E-state index contributed by atoms with van der Waals surface area (Å²) in [6, 6.07) is 7.62. The maximum atomic E-state index is 12.8. The van der Waals surface area contributed by atoms with Crippen LogP contribution in [0.25, 0.3) is 0 Å². The Bertz CT molecular complexity index is 1070. The van der Waals surface area contributed by atoms with Gasteiger partial charge in [-0.1, -0.05) is 19.2 Å². The Balaban J connectivity index is 2.09. The number of amides is 2. The van der Waals surface area contributed by atoms with E-state index in [4.69, 9.17) is 18.9 Å². The van der Waals surface area contributed by atoms with Gasteiger partial charge in [0.15, 0.2) is 11.5 Å². The van der Waals surface area contributed by atoms with E-state index in [1.54, 1.807) is 30.3 Å². The number of benzene rings is 2. The molecule has 2 amide bonds. The molecule has 1 atom stereocenters. The minimum atomic E-state index is -0.731. The van der Waals surface area contributed by atoms with Crippen LogP contribution < -0.4 is 28.9 Å². The summed E-state index contributed by atoms with van der Waals surface area (Å²) < 4.78 is 21.4. The summed E-state index contributed by atoms with van der Waals surface area (Å²) in [6.45, 7) is 7.27. The van der Waals surface area contributed by atoms with Crippen molar-refractivity contribution in [1.29, 1.82) is 0 Å². The molecule has 0 aromatic heterocycles. The summed E-state index contributed by atoms with van der Waals surface area (Å²) in [4.78, 5) is 26.2. The van der Waals surface area contributed by atoms with Crippen molar-refractivity contribution in [3.8, 4) is 23.0 Å². The lowest BCUT2D eigenvalue weighted by molar-refractivity contribution is -0.119. The highest BCUT2D eigenvalue weighted by molar-refractivity contribution is 6.15. The van der Waals surface area contributed by atoms with Crippen LogP contribution in [-0.2, 0) is 9.59 Å². The number of ether oxygens (including phenoxy) is 4. The quantitative estimate of drug-likeness (QED) is 0.291. The zero-order chi connectivity index (χ0) is 23.6. The Hall–Kier alpha value is -3.98. The third-order valence-corrected chi connectivity index (χ3v) is 5.14. The molecule has 1 saturated heterocycles. The van der Waals surface area contributed by atoms with E-state index in [2.05, 4.69) is 13.2 Å². The molecule has 1 fully saturated rings. The maximum absolute atomic E-state index is 12.8. The molecular formula is C23H24N2O7. The smallest absolute Gasteiger partial charge is 0.274 e. The number of nitrogens with zero attached hydrogens (tertiary/aromatic N) is 2. The Kier molecular flexibility index (Phi) is 6.40. The molecular weight excluding hydrogens is 416 g/mol. The van der Waals surface area contributed by atoms with Gasteiger partial charge in [0.05, 0.1) is 40.2 Å². The number of hydrogen-bond donors (Lipinski definition) is 1. The first kappa shape index (κ1) is 22.7. The molecule has 0 bridgehead atoms. The second-order valence-electron chi connectivity index (χ2n) is 6.77. The molecule has 0 radical (unpaired) electrons. The molecule has 1 unspecified atom stereocenters. The molecule has 1 aliphatic heterocycles. The highest BCUT2D eigenvalue weighted by Gasteiger charge is 2.43. The van der Waals surface area contributed by atoms with Crippen LogP contribution in [-0.4, -0.2) is 45.5 Å². The van der Waals surface area contributed by atoms with E-state index in [1.165, 1.54) is 33.3 Å². The van der Waals surface area contributed by atoms with Crippen LogP contribution in [0.4, 0.5) is 11.4 Å². The number of methoxy groups -OCH3 is 4. The number of carbonyl (C=O) groups is 2. The van der Waals surface area contributed by atoms with Crippen molar-refractivity contribution < 1.29 is 33.7 Å². The number of hydrogen-bond acceptors (Lipinski definition) is 7. The van der Waals surface area contributed by atoms with Gasteiger partial charge in [-0.15, -0.1) is 0 Å². The van der Waals surface area contributed by atoms with Crippen LogP contribution in [0.1, 0.15) is 11.6 Å². The van der Waals surface area contributed by atoms with Gasteiger partial charge >= 0.3 is 0 Å². The molecule has 2 aromatic carbocycles. The SMILES string of the molecule is C=CC(=O)N(O)c1cc(C2C(=C)C(=O)N2c2cc(OC)c(OC)c(OC)c2)ccc1OC. The van der Waals surface area contributed by atoms with Crippen LogP contribution in [0.3, 0.4) is 0 Å². The first-order chi connectivity index (χ1) is 15.3. The number of β-lactam (4-membered cyclic amide) rings is 1. The van der Waals surface area contributed by atoms with Crippen molar-refractivity contribution in [2.45, 2.75) is 6.04 Å². The predicted octanol–water partition coefficient (Wildman–Crippen LogP) is 3.27. The molecule has 0 saturated carbocycles. The lowest BCUT2D eigenvalue weighted by Crippen LogP contribution is -2.49. The van der Waals surface area contributed by atoms with Gasteiger partial charge in [0.1, 0.15) is 11.4 Å². The zero-order valence-corrected chi connectivity index (χ0v) is 18.2. The standard InChI is InChI=1S/C23H24N2O7/c1-7-20(26)25(28)16-10-14(8-9-17(16)29-3)21-13(2)23(27)24(21)15-11-18(30-4)22(32-6)19(12-15)31-5/h7-12,21,28H,1-2H2,3-6H3. The molecule has 0 spiro atoms. The van der Waals surface area contributed by atoms with Gasteiger partial charge in [-0.05, 0) is 23.8 Å². The van der Waals surface area contributed by atoms with Crippen LogP contribution in [0.2, 0.25) is 0 Å². The van der Waals surface area contributed by atoms with Crippen molar-refractivity contribution in [2.24, 2.45) is 0 Å². The monoisotopic (exact) mass is 440 g/mol. The number of anilines is 2. The number of carbonyl (C=O) groups excluding carboxylic acids is 2. The maximum Gasteiger partial charge on any atom is 0.274 e. The molecule has 9 nitrogen and oxygen atoms in total. The molecule has 1 N–H and O–H groups in total. The average molecular weight is 440 g/mol. The fourth-order valence-electron chi connectivity index (χ4n) is 3.55. The average Bonchev–Trinajstić information content (AvgIpc) is 2.84. The van der Waals surface area contributed by atoms with Gasteiger partial charge in [-0.2, -0.15) is 5.06 Å². The topological polar surface area (TPSA) is 97.8 Å². The summed E-state index contributed by atoms with van der Waals surface area (Å²) in [6.07, 6.45) is 0.972. The molecule has 168 valence electrons. The van der Waals surface area contributed by atoms with E-state index in [1.807, 2.05) is 0 Å². The van der Waals surface area contributed by atoms with Crippen LogP contribution in [0, 0.1) is 0 Å². The predicted molar refractivity (Wildman–Crippen MR) is 118 cm³/mol. The first-order valence-electron chi connectivity index (χ1n) is 9.48. The Morgan fingerprint density at radius 3 is 2.12 bits per heavy atom. The summed E-state index contributed by atoms with van der Waals surface area (Å²) >= 11 is 0. The largest absolute Gasteiger partial charge is 0.494 e. The number of hydroxylamine groups is 1. The van der Waals surface area contributed by atoms with Gasteiger partial charge < -0.3 is 18.9 Å². The first-order valence-corrected chi connectivity index (χ1v) is 9.48. The molecule has 0 aliphatic carbocycles. The molecule has 1 aliphatic rings. The molecule has 32 heavy (non-hydrogen) atoms. The van der Waals surface area contributed by atoms with Crippen molar-refractivity contribution in [2.75, 3.05) is 38.4 Å². The Morgan fingerprint density at radius 1 is 1.03 bits per heavy atom. The van der Waals surface area contributed by atoms with E-state index >= 15 is 0 Å². The van der Waals surface area contributed by atoms with Crippen LogP contribution in [0.5, 0.6) is 23.0 Å². The minimum Gasteiger partial charge on any atom is -0.494 e. The number of rotatable bonds is 8. The second kappa shape index (κ2) is 9.03. The van der Waals surface area contributed by atoms with E-state index < -0.39 is 11.9 Å². The Labute approximate surface area is 185 Å². The van der Waals surface area contributed by atoms with E-state index in [-0.39, 0.29) is 17.3 Å². The summed E-state index contributed by atoms with van der Waals surface area (Å²) in [5, 5.41) is 10.7. The third-order valence-electron chi connectivity index (χ3n) is 5.14. The van der Waals surface area contributed by atoms with Crippen molar-refractivity contribution >= 4 is 23.2 Å². The van der Waals surface area contributed by atoms with Crippen LogP contribution in [0.15, 0.2) is 55.1 Å². The molecule has 9 heteroatoms. The lowest BCUT2D eigenvalue weighted by Gasteiger charge is -2.43. The van der Waals surface area contributed by atoms with Gasteiger partial charge in [0.25, 0.3) is 11.8 Å². The van der Waals surface area contributed by atoms with E-state index in [0.29, 0.717) is 39.1 Å². The summed E-state index contributed by atoms with van der Waals surface area (Å²) in [5.41, 5.74) is 1.55. The minimum absolute atomic E-state index is 0.104. The fraction of sp³-hybridized carbons (Fsp3) is 0.217. The van der Waals surface area contributed by atoms with Crippen LogP contribution >= 0.6 is 0 Å². The van der Waals surface area contributed by atoms with Crippen molar-refractivity contribution in [3.63, 3.8) is 0 Å². The normalized spacial score (nSPS) is 15.0. The summed E-state index contributed by atoms with van der Waals surface area (Å²) in [5.74, 6) is 0.420. The summed E-state index contributed by atoms with van der Waals surface area (Å²) in [7, 11) is 5.87.